The molecule has 1 aliphatic rings. The van der Waals surface area contributed by atoms with Crippen LogP contribution in [-0.2, 0) is 4.79 Å². The number of hydrazone groups is 2. The predicted octanol–water partition coefficient (Wildman–Crippen LogP) is 4.85. The summed E-state index contributed by atoms with van der Waals surface area (Å²) in [5, 5.41) is 12.4. The van der Waals surface area contributed by atoms with Gasteiger partial charge in [0.2, 0.25) is 0 Å². The summed E-state index contributed by atoms with van der Waals surface area (Å²) in [4.78, 5) is 12.9. The first kappa shape index (κ1) is 17.7. The number of benzene rings is 3. The van der Waals surface area contributed by atoms with Crippen LogP contribution in [0.5, 0.6) is 0 Å². The van der Waals surface area contributed by atoms with Crippen LogP contribution < -0.4 is 10.0 Å². The number of carbonyl (C=O) groups is 1. The number of carbonyl (C=O) groups excluding carboxylic acids is 1. The third-order valence-corrected chi connectivity index (χ3v) is 4.52. The van der Waals surface area contributed by atoms with Crippen LogP contribution in [0.15, 0.2) is 101 Å². The monoisotopic (exact) mass is 368 g/mol. The van der Waals surface area contributed by atoms with Crippen molar-refractivity contribution >= 4 is 34.9 Å². The Balaban J connectivity index is 1.63. The Morgan fingerprint density at radius 2 is 1.36 bits per heavy atom. The smallest absolute Gasteiger partial charge is 0.261 e. The fourth-order valence-corrected chi connectivity index (χ4v) is 3.06. The minimum atomic E-state index is -0.491. The highest BCUT2D eigenvalue weighted by Crippen LogP contribution is 2.27. The van der Waals surface area contributed by atoms with Crippen molar-refractivity contribution in [1.82, 2.24) is 0 Å². The molecule has 1 atom stereocenters. The van der Waals surface area contributed by atoms with Gasteiger partial charge in [0.25, 0.3) is 5.91 Å². The first-order valence-electron chi connectivity index (χ1n) is 9.12. The highest BCUT2D eigenvalue weighted by atomic mass is 16.2. The lowest BCUT2D eigenvalue weighted by molar-refractivity contribution is -0.118. The molecule has 4 rings (SSSR count). The Bertz CT molecular complexity index is 961. The zero-order valence-electron chi connectivity index (χ0n) is 15.5. The zero-order valence-corrected chi connectivity index (χ0v) is 15.5. The Kier molecular flexibility index (Phi) is 4.97. The Morgan fingerprint density at radius 3 is 1.89 bits per heavy atom. The summed E-state index contributed by atoms with van der Waals surface area (Å²) >= 11 is 0. The summed E-state index contributed by atoms with van der Waals surface area (Å²) in [5.41, 5.74) is 3.32. The molecule has 5 heteroatoms. The number of rotatable bonds is 5. The van der Waals surface area contributed by atoms with Crippen molar-refractivity contribution in [3.63, 3.8) is 0 Å². The number of amides is 1. The van der Waals surface area contributed by atoms with Crippen LogP contribution in [0.4, 0.5) is 17.1 Å². The minimum Gasteiger partial charge on any atom is -0.271 e. The molecule has 0 saturated carbocycles. The second-order valence-corrected chi connectivity index (χ2v) is 6.45. The SMILES string of the molecule is CC1=NN(c2ccccc2)C(=O)[C@@H]1/C=N\N(c1ccccc1)c1ccccc1. The molecule has 0 fully saturated rings. The van der Waals surface area contributed by atoms with Gasteiger partial charge >= 0.3 is 0 Å². The second-order valence-electron chi connectivity index (χ2n) is 6.45. The van der Waals surface area contributed by atoms with Gasteiger partial charge in [0.1, 0.15) is 5.92 Å². The lowest BCUT2D eigenvalue weighted by atomic mass is 10.1. The molecule has 0 aromatic heterocycles. The van der Waals surface area contributed by atoms with Gasteiger partial charge in [-0.3, -0.25) is 4.79 Å². The van der Waals surface area contributed by atoms with Gasteiger partial charge in [-0.25, -0.2) is 5.01 Å². The molecule has 1 heterocycles. The third kappa shape index (κ3) is 3.55. The Morgan fingerprint density at radius 1 is 0.857 bits per heavy atom. The maximum absolute atomic E-state index is 12.9. The summed E-state index contributed by atoms with van der Waals surface area (Å²) in [6.07, 6.45) is 1.67. The molecule has 1 aliphatic heterocycles. The fourth-order valence-electron chi connectivity index (χ4n) is 3.06. The number of nitrogens with zero attached hydrogens (tertiary/aromatic N) is 4. The van der Waals surface area contributed by atoms with Crippen LogP contribution in [0.3, 0.4) is 0 Å². The summed E-state index contributed by atoms with van der Waals surface area (Å²) in [6, 6.07) is 29.2. The quantitative estimate of drug-likeness (QED) is 0.477. The van der Waals surface area contributed by atoms with Crippen LogP contribution in [0, 0.1) is 5.92 Å². The van der Waals surface area contributed by atoms with Gasteiger partial charge < -0.3 is 0 Å². The van der Waals surface area contributed by atoms with E-state index in [1.807, 2.05) is 103 Å². The Labute approximate surface area is 164 Å². The lowest BCUT2D eigenvalue weighted by Gasteiger charge is -2.19. The van der Waals surface area contributed by atoms with E-state index in [0.29, 0.717) is 0 Å². The van der Waals surface area contributed by atoms with Crippen LogP contribution in [0.2, 0.25) is 0 Å². The van der Waals surface area contributed by atoms with Crippen molar-refractivity contribution in [1.29, 1.82) is 0 Å². The highest BCUT2D eigenvalue weighted by Gasteiger charge is 2.33. The van der Waals surface area contributed by atoms with E-state index in [-0.39, 0.29) is 5.91 Å². The molecule has 0 saturated heterocycles. The van der Waals surface area contributed by atoms with Crippen LogP contribution >= 0.6 is 0 Å². The van der Waals surface area contributed by atoms with Crippen molar-refractivity contribution in [2.75, 3.05) is 10.0 Å². The average Bonchev–Trinajstić information content (AvgIpc) is 3.04. The van der Waals surface area contributed by atoms with Crippen LogP contribution in [-0.4, -0.2) is 17.8 Å². The molecule has 0 radical (unpaired) electrons. The Hall–Kier alpha value is -3.73. The molecule has 3 aromatic carbocycles. The molecule has 3 aromatic rings. The van der Waals surface area contributed by atoms with Crippen molar-refractivity contribution in [2.45, 2.75) is 6.92 Å². The largest absolute Gasteiger partial charge is 0.271 e. The molecule has 0 bridgehead atoms. The van der Waals surface area contributed by atoms with E-state index < -0.39 is 5.92 Å². The van der Waals surface area contributed by atoms with Crippen molar-refractivity contribution in [2.24, 2.45) is 16.1 Å². The van der Waals surface area contributed by atoms with Crippen LogP contribution in [0.1, 0.15) is 6.92 Å². The lowest BCUT2D eigenvalue weighted by Crippen LogP contribution is -2.28. The summed E-state index contributed by atoms with van der Waals surface area (Å²) < 4.78 is 0. The fraction of sp³-hybridized carbons (Fsp3) is 0.0870. The van der Waals surface area contributed by atoms with Crippen molar-refractivity contribution in [3.05, 3.63) is 91.0 Å². The van der Waals surface area contributed by atoms with Gasteiger partial charge in [0, 0.05) is 6.21 Å². The summed E-state index contributed by atoms with van der Waals surface area (Å²) in [7, 11) is 0. The van der Waals surface area contributed by atoms with Gasteiger partial charge in [-0.15, -0.1) is 0 Å². The van der Waals surface area contributed by atoms with E-state index in [0.717, 1.165) is 22.8 Å². The molecule has 28 heavy (non-hydrogen) atoms. The number of hydrogen-bond acceptors (Lipinski definition) is 4. The van der Waals surface area contributed by atoms with Gasteiger partial charge in [-0.1, -0.05) is 54.6 Å². The van der Waals surface area contributed by atoms with E-state index >= 15 is 0 Å². The maximum Gasteiger partial charge on any atom is 0.261 e. The molecule has 1 amide bonds. The van der Waals surface area contributed by atoms with Gasteiger partial charge in [0.15, 0.2) is 0 Å². The molecule has 0 N–H and O–H groups in total. The van der Waals surface area contributed by atoms with Crippen molar-refractivity contribution < 1.29 is 4.79 Å². The summed E-state index contributed by atoms with van der Waals surface area (Å²) in [5.74, 6) is -0.594. The van der Waals surface area contributed by atoms with Gasteiger partial charge in [-0.05, 0) is 43.3 Å². The van der Waals surface area contributed by atoms with E-state index in [1.54, 1.807) is 6.21 Å². The highest BCUT2D eigenvalue weighted by molar-refractivity contribution is 6.23. The molecule has 0 spiro atoms. The van der Waals surface area contributed by atoms with Gasteiger partial charge in [-0.2, -0.15) is 15.2 Å². The molecular weight excluding hydrogens is 348 g/mol. The molecule has 0 aliphatic carbocycles. The molecule has 138 valence electrons. The normalized spacial score (nSPS) is 16.5. The predicted molar refractivity (Wildman–Crippen MR) is 114 cm³/mol. The standard InChI is InChI=1S/C23H20N4O/c1-18-22(23(28)27(25-18)21-15-9-4-10-16-21)17-24-26(19-11-5-2-6-12-19)20-13-7-3-8-14-20/h2-17,22H,1H3/b24-17-/t22-/m1/s1. The number of hydrogen-bond donors (Lipinski definition) is 0. The van der Waals surface area contributed by atoms with E-state index in [2.05, 4.69) is 10.2 Å². The third-order valence-electron chi connectivity index (χ3n) is 4.52. The van der Waals surface area contributed by atoms with Crippen molar-refractivity contribution in [3.8, 4) is 0 Å². The van der Waals surface area contributed by atoms with Gasteiger partial charge in [0.05, 0.1) is 22.8 Å². The van der Waals surface area contributed by atoms with E-state index in [9.17, 15) is 4.79 Å². The molecule has 5 nitrogen and oxygen atoms in total. The second kappa shape index (κ2) is 7.88. The molecular formula is C23H20N4O. The summed E-state index contributed by atoms with van der Waals surface area (Å²) in [6.45, 7) is 1.85. The first-order chi connectivity index (χ1) is 13.7. The van der Waals surface area contributed by atoms with Crippen LogP contribution in [0.25, 0.3) is 0 Å². The zero-order chi connectivity index (χ0) is 19.3. The number of anilines is 3. The topological polar surface area (TPSA) is 48.3 Å². The molecule has 0 unspecified atom stereocenters. The van der Waals surface area contributed by atoms with E-state index in [1.165, 1.54) is 5.01 Å². The maximum atomic E-state index is 12.9. The number of para-hydroxylation sites is 3. The first-order valence-corrected chi connectivity index (χ1v) is 9.12. The minimum absolute atomic E-state index is 0.103. The average molecular weight is 368 g/mol. The van der Waals surface area contributed by atoms with E-state index in [4.69, 9.17) is 0 Å².